The SMILES string of the molecule is CCN(C)C(=O)CNC(C)c1ccc(Br)o1. The van der Waals surface area contributed by atoms with Gasteiger partial charge in [-0.25, -0.2) is 0 Å². The molecule has 1 unspecified atom stereocenters. The number of amides is 1. The zero-order chi connectivity index (χ0) is 12.1. The van der Waals surface area contributed by atoms with E-state index in [1.807, 2.05) is 26.0 Å². The van der Waals surface area contributed by atoms with Gasteiger partial charge in [-0.3, -0.25) is 10.1 Å². The second-order valence-electron chi connectivity index (χ2n) is 3.65. The number of rotatable bonds is 5. The highest BCUT2D eigenvalue weighted by molar-refractivity contribution is 9.10. The largest absolute Gasteiger partial charge is 0.453 e. The lowest BCUT2D eigenvalue weighted by atomic mass is 10.2. The summed E-state index contributed by atoms with van der Waals surface area (Å²) in [7, 11) is 1.79. The van der Waals surface area contributed by atoms with Gasteiger partial charge in [-0.1, -0.05) is 0 Å². The fourth-order valence-electron chi connectivity index (χ4n) is 1.21. The first-order chi connectivity index (χ1) is 7.54. The molecule has 1 atom stereocenters. The van der Waals surface area contributed by atoms with Crippen LogP contribution in [-0.2, 0) is 4.79 Å². The number of nitrogens with one attached hydrogen (secondary N) is 1. The molecular formula is C11H17BrN2O2. The number of carbonyl (C=O) groups is 1. The maximum Gasteiger partial charge on any atom is 0.236 e. The molecular weight excluding hydrogens is 272 g/mol. The average Bonchev–Trinajstić information content (AvgIpc) is 2.71. The van der Waals surface area contributed by atoms with Gasteiger partial charge in [0.2, 0.25) is 5.91 Å². The molecule has 0 aromatic carbocycles. The summed E-state index contributed by atoms with van der Waals surface area (Å²) in [5, 5.41) is 3.12. The van der Waals surface area contributed by atoms with Crippen molar-refractivity contribution >= 4 is 21.8 Å². The standard InChI is InChI=1S/C11H17BrN2O2/c1-4-14(3)11(15)7-13-8(2)9-5-6-10(12)16-9/h5-6,8,13H,4,7H2,1-3H3. The van der Waals surface area contributed by atoms with E-state index in [1.54, 1.807) is 11.9 Å². The van der Waals surface area contributed by atoms with Crippen LogP contribution in [0.2, 0.25) is 0 Å². The van der Waals surface area contributed by atoms with Crippen LogP contribution in [0.25, 0.3) is 0 Å². The van der Waals surface area contributed by atoms with Crippen molar-refractivity contribution in [3.8, 4) is 0 Å². The first kappa shape index (κ1) is 13.3. The fourth-order valence-corrected chi connectivity index (χ4v) is 1.53. The lowest BCUT2D eigenvalue weighted by Crippen LogP contribution is -2.36. The molecule has 0 saturated heterocycles. The van der Waals surface area contributed by atoms with Crippen molar-refractivity contribution < 1.29 is 9.21 Å². The molecule has 0 spiro atoms. The average molecular weight is 289 g/mol. The number of likely N-dealkylation sites (N-methyl/N-ethyl adjacent to an activating group) is 1. The van der Waals surface area contributed by atoms with Crippen molar-refractivity contribution in [2.75, 3.05) is 20.1 Å². The molecule has 0 aliphatic carbocycles. The van der Waals surface area contributed by atoms with Crippen molar-refractivity contribution in [2.45, 2.75) is 19.9 Å². The van der Waals surface area contributed by atoms with Gasteiger partial charge in [0.1, 0.15) is 5.76 Å². The van der Waals surface area contributed by atoms with Gasteiger partial charge in [0, 0.05) is 13.6 Å². The van der Waals surface area contributed by atoms with Crippen molar-refractivity contribution in [2.24, 2.45) is 0 Å². The van der Waals surface area contributed by atoms with Gasteiger partial charge in [0.05, 0.1) is 12.6 Å². The number of hydrogen-bond acceptors (Lipinski definition) is 3. The molecule has 1 amide bonds. The highest BCUT2D eigenvalue weighted by Gasteiger charge is 2.12. The Labute approximate surface area is 104 Å². The number of nitrogens with zero attached hydrogens (tertiary/aromatic N) is 1. The van der Waals surface area contributed by atoms with Gasteiger partial charge in [-0.05, 0) is 41.9 Å². The summed E-state index contributed by atoms with van der Waals surface area (Å²) in [4.78, 5) is 13.2. The molecule has 0 aliphatic rings. The second-order valence-corrected chi connectivity index (χ2v) is 4.43. The molecule has 4 nitrogen and oxygen atoms in total. The molecule has 1 aromatic heterocycles. The molecule has 0 saturated carbocycles. The normalized spacial score (nSPS) is 12.5. The summed E-state index contributed by atoms with van der Waals surface area (Å²) in [6, 6.07) is 3.75. The van der Waals surface area contributed by atoms with Crippen LogP contribution in [0, 0.1) is 0 Å². The molecule has 1 N–H and O–H groups in total. The zero-order valence-corrected chi connectivity index (χ0v) is 11.4. The van der Waals surface area contributed by atoms with E-state index in [0.717, 1.165) is 12.3 Å². The van der Waals surface area contributed by atoms with E-state index in [-0.39, 0.29) is 11.9 Å². The van der Waals surface area contributed by atoms with Crippen molar-refractivity contribution in [3.63, 3.8) is 0 Å². The minimum Gasteiger partial charge on any atom is -0.453 e. The molecule has 0 aliphatic heterocycles. The van der Waals surface area contributed by atoms with E-state index in [1.165, 1.54) is 0 Å². The smallest absolute Gasteiger partial charge is 0.236 e. The van der Waals surface area contributed by atoms with Gasteiger partial charge < -0.3 is 9.32 Å². The van der Waals surface area contributed by atoms with Crippen LogP contribution in [0.1, 0.15) is 25.6 Å². The molecule has 16 heavy (non-hydrogen) atoms. The Balaban J connectivity index is 2.41. The number of hydrogen-bond donors (Lipinski definition) is 1. The van der Waals surface area contributed by atoms with Crippen LogP contribution in [0.15, 0.2) is 21.2 Å². The summed E-state index contributed by atoms with van der Waals surface area (Å²) in [6.45, 7) is 4.96. The molecule has 5 heteroatoms. The Kier molecular flexibility index (Phi) is 5.02. The van der Waals surface area contributed by atoms with E-state index in [2.05, 4.69) is 21.2 Å². The summed E-state index contributed by atoms with van der Waals surface area (Å²) < 4.78 is 6.10. The topological polar surface area (TPSA) is 45.5 Å². The van der Waals surface area contributed by atoms with E-state index in [0.29, 0.717) is 11.2 Å². The minimum atomic E-state index is 0.0282. The Morgan fingerprint density at radius 1 is 1.62 bits per heavy atom. The van der Waals surface area contributed by atoms with Crippen molar-refractivity contribution in [3.05, 3.63) is 22.6 Å². The number of furan rings is 1. The van der Waals surface area contributed by atoms with Gasteiger partial charge in [0.15, 0.2) is 4.67 Å². The summed E-state index contributed by atoms with van der Waals surface area (Å²) >= 11 is 3.25. The first-order valence-electron chi connectivity index (χ1n) is 5.27. The van der Waals surface area contributed by atoms with Crippen LogP contribution in [0.4, 0.5) is 0 Å². The van der Waals surface area contributed by atoms with Crippen molar-refractivity contribution in [1.29, 1.82) is 0 Å². The molecule has 0 radical (unpaired) electrons. The monoisotopic (exact) mass is 288 g/mol. The van der Waals surface area contributed by atoms with Gasteiger partial charge in [-0.2, -0.15) is 0 Å². The quantitative estimate of drug-likeness (QED) is 0.903. The molecule has 0 bridgehead atoms. The molecule has 0 fully saturated rings. The van der Waals surface area contributed by atoms with Crippen LogP contribution < -0.4 is 5.32 Å². The third kappa shape index (κ3) is 3.64. The third-order valence-corrected chi connectivity index (χ3v) is 2.91. The number of halogens is 1. The van der Waals surface area contributed by atoms with Gasteiger partial charge in [-0.15, -0.1) is 0 Å². The Morgan fingerprint density at radius 3 is 2.81 bits per heavy atom. The van der Waals surface area contributed by atoms with Crippen LogP contribution >= 0.6 is 15.9 Å². The Hall–Kier alpha value is -0.810. The van der Waals surface area contributed by atoms with Gasteiger partial charge in [0.25, 0.3) is 0 Å². The molecule has 1 heterocycles. The van der Waals surface area contributed by atoms with E-state index >= 15 is 0 Å². The predicted molar refractivity (Wildman–Crippen MR) is 66.1 cm³/mol. The maximum absolute atomic E-state index is 11.5. The maximum atomic E-state index is 11.5. The van der Waals surface area contributed by atoms with Crippen molar-refractivity contribution in [1.82, 2.24) is 10.2 Å². The van der Waals surface area contributed by atoms with Gasteiger partial charge >= 0.3 is 0 Å². The van der Waals surface area contributed by atoms with Crippen LogP contribution in [-0.4, -0.2) is 30.9 Å². The molecule has 1 rings (SSSR count). The Morgan fingerprint density at radius 2 is 2.31 bits per heavy atom. The summed E-state index contributed by atoms with van der Waals surface area (Å²) in [5.74, 6) is 0.902. The highest BCUT2D eigenvalue weighted by Crippen LogP contribution is 2.19. The van der Waals surface area contributed by atoms with E-state index < -0.39 is 0 Å². The van der Waals surface area contributed by atoms with E-state index in [4.69, 9.17) is 4.42 Å². The zero-order valence-electron chi connectivity index (χ0n) is 9.79. The first-order valence-corrected chi connectivity index (χ1v) is 6.06. The summed E-state index contributed by atoms with van der Waals surface area (Å²) in [5.41, 5.74) is 0. The highest BCUT2D eigenvalue weighted by atomic mass is 79.9. The Bertz CT molecular complexity index is 352. The lowest BCUT2D eigenvalue weighted by molar-refractivity contribution is -0.128. The minimum absolute atomic E-state index is 0.0282. The fraction of sp³-hybridized carbons (Fsp3) is 0.545. The predicted octanol–water partition coefficient (Wildman–Crippen LogP) is 2.17. The third-order valence-electron chi connectivity index (χ3n) is 2.48. The summed E-state index contributed by atoms with van der Waals surface area (Å²) in [6.07, 6.45) is 0. The molecule has 1 aromatic rings. The van der Waals surface area contributed by atoms with E-state index in [9.17, 15) is 4.79 Å². The van der Waals surface area contributed by atoms with Crippen LogP contribution in [0.3, 0.4) is 0 Å². The number of carbonyl (C=O) groups excluding carboxylic acids is 1. The molecule has 90 valence electrons. The second kappa shape index (κ2) is 6.06. The lowest BCUT2D eigenvalue weighted by Gasteiger charge is -2.16. The van der Waals surface area contributed by atoms with Crippen LogP contribution in [0.5, 0.6) is 0 Å².